The van der Waals surface area contributed by atoms with E-state index in [-0.39, 0.29) is 0 Å². The fourth-order valence-electron chi connectivity index (χ4n) is 2.18. The molecule has 3 nitrogen and oxygen atoms in total. The van der Waals surface area contributed by atoms with Crippen molar-refractivity contribution in [2.24, 2.45) is 0 Å². The second-order valence-corrected chi connectivity index (χ2v) is 4.38. The monoisotopic (exact) mass is 250 g/mol. The lowest BCUT2D eigenvalue weighted by atomic mass is 10.0. The van der Waals surface area contributed by atoms with Crippen LogP contribution in [0.25, 0.3) is 22.0 Å². The summed E-state index contributed by atoms with van der Waals surface area (Å²) in [6, 6.07) is 15.7. The topological polar surface area (TPSA) is 48.1 Å². The summed E-state index contributed by atoms with van der Waals surface area (Å²) in [6.07, 6.45) is 1.86. The molecular formula is C16H14N2O. The van der Waals surface area contributed by atoms with E-state index < -0.39 is 0 Å². The molecule has 0 fully saturated rings. The Balaban J connectivity index is 2.20. The van der Waals surface area contributed by atoms with Crippen LogP contribution in [-0.2, 0) is 0 Å². The number of hydrogen-bond acceptors (Lipinski definition) is 3. The van der Waals surface area contributed by atoms with E-state index in [1.54, 1.807) is 7.11 Å². The Morgan fingerprint density at radius 3 is 2.74 bits per heavy atom. The molecule has 0 saturated carbocycles. The Labute approximate surface area is 111 Å². The summed E-state index contributed by atoms with van der Waals surface area (Å²) in [7, 11) is 1.67. The number of aromatic nitrogens is 1. The number of rotatable bonds is 2. The van der Waals surface area contributed by atoms with Crippen LogP contribution in [0, 0.1) is 0 Å². The van der Waals surface area contributed by atoms with Gasteiger partial charge in [-0.05, 0) is 30.3 Å². The van der Waals surface area contributed by atoms with Crippen LogP contribution in [0.2, 0.25) is 0 Å². The molecule has 3 heteroatoms. The number of para-hydroxylation sites is 1. The lowest BCUT2D eigenvalue weighted by Gasteiger charge is -2.09. The number of benzene rings is 2. The highest BCUT2D eigenvalue weighted by Gasteiger charge is 2.06. The fraction of sp³-hybridized carbons (Fsp3) is 0.0625. The number of nitrogens with two attached hydrogens (primary N) is 1. The lowest BCUT2D eigenvalue weighted by Crippen LogP contribution is -1.90. The van der Waals surface area contributed by atoms with E-state index in [4.69, 9.17) is 10.5 Å². The molecule has 0 unspecified atom stereocenters. The second kappa shape index (κ2) is 4.61. The van der Waals surface area contributed by atoms with E-state index in [9.17, 15) is 0 Å². The number of ether oxygens (including phenoxy) is 1. The Morgan fingerprint density at radius 1 is 1.05 bits per heavy atom. The molecule has 0 aliphatic carbocycles. The maximum absolute atomic E-state index is 5.82. The molecule has 0 spiro atoms. The minimum absolute atomic E-state index is 0.742. The average molecular weight is 250 g/mol. The van der Waals surface area contributed by atoms with E-state index in [1.165, 1.54) is 0 Å². The van der Waals surface area contributed by atoms with Gasteiger partial charge in [0.2, 0.25) is 0 Å². The summed E-state index contributed by atoms with van der Waals surface area (Å²) < 4.78 is 5.38. The van der Waals surface area contributed by atoms with E-state index in [1.807, 2.05) is 48.7 Å². The van der Waals surface area contributed by atoms with Crippen molar-refractivity contribution in [3.63, 3.8) is 0 Å². The highest BCUT2D eigenvalue weighted by atomic mass is 16.5. The number of nitrogens with zero attached hydrogens (tertiary/aromatic N) is 1. The molecule has 1 heterocycles. The maximum Gasteiger partial charge on any atom is 0.126 e. The lowest BCUT2D eigenvalue weighted by molar-refractivity contribution is 0.416. The van der Waals surface area contributed by atoms with Gasteiger partial charge in [0.25, 0.3) is 0 Å². The first kappa shape index (κ1) is 11.5. The van der Waals surface area contributed by atoms with E-state index in [0.717, 1.165) is 33.5 Å². The van der Waals surface area contributed by atoms with Gasteiger partial charge in [-0.15, -0.1) is 0 Å². The van der Waals surface area contributed by atoms with Gasteiger partial charge in [-0.3, -0.25) is 4.98 Å². The molecule has 0 atom stereocenters. The third-order valence-corrected chi connectivity index (χ3v) is 3.12. The summed E-state index contributed by atoms with van der Waals surface area (Å²) >= 11 is 0. The van der Waals surface area contributed by atoms with Crippen LogP contribution < -0.4 is 10.5 Å². The molecular weight excluding hydrogens is 236 g/mol. The van der Waals surface area contributed by atoms with Crippen LogP contribution in [0.1, 0.15) is 0 Å². The number of pyridine rings is 1. The summed E-state index contributed by atoms with van der Waals surface area (Å²) in [4.78, 5) is 4.46. The molecule has 3 rings (SSSR count). The first-order chi connectivity index (χ1) is 9.28. The van der Waals surface area contributed by atoms with Gasteiger partial charge < -0.3 is 10.5 Å². The predicted molar refractivity (Wildman–Crippen MR) is 78.1 cm³/mol. The molecule has 94 valence electrons. The summed E-state index contributed by atoms with van der Waals surface area (Å²) in [5, 5.41) is 1.03. The number of hydrogen-bond donors (Lipinski definition) is 1. The SMILES string of the molecule is COc1ccccc1-c1cnc2ccc(N)cc2c1. The molecule has 19 heavy (non-hydrogen) atoms. The highest BCUT2D eigenvalue weighted by molar-refractivity contribution is 5.86. The third-order valence-electron chi connectivity index (χ3n) is 3.12. The smallest absolute Gasteiger partial charge is 0.126 e. The first-order valence-electron chi connectivity index (χ1n) is 6.06. The normalized spacial score (nSPS) is 10.6. The van der Waals surface area contributed by atoms with Gasteiger partial charge in [0, 0.05) is 28.4 Å². The Hall–Kier alpha value is -2.55. The molecule has 2 N–H and O–H groups in total. The zero-order chi connectivity index (χ0) is 13.2. The predicted octanol–water partition coefficient (Wildman–Crippen LogP) is 3.49. The molecule has 3 aromatic rings. The molecule has 1 aromatic heterocycles. The molecule has 0 saturated heterocycles. The van der Waals surface area contributed by atoms with Gasteiger partial charge in [0.05, 0.1) is 12.6 Å². The second-order valence-electron chi connectivity index (χ2n) is 4.38. The minimum Gasteiger partial charge on any atom is -0.496 e. The van der Waals surface area contributed by atoms with Crippen molar-refractivity contribution in [2.45, 2.75) is 0 Å². The van der Waals surface area contributed by atoms with E-state index >= 15 is 0 Å². The highest BCUT2D eigenvalue weighted by Crippen LogP contribution is 2.31. The van der Waals surface area contributed by atoms with Crippen molar-refractivity contribution in [2.75, 3.05) is 12.8 Å². The Morgan fingerprint density at radius 2 is 1.89 bits per heavy atom. The largest absolute Gasteiger partial charge is 0.496 e. The standard InChI is InChI=1S/C16H14N2O/c1-19-16-5-3-2-4-14(16)12-8-11-9-13(17)6-7-15(11)18-10-12/h2-10H,17H2,1H3. The zero-order valence-corrected chi connectivity index (χ0v) is 10.6. The van der Waals surface area contributed by atoms with Crippen molar-refractivity contribution in [3.05, 3.63) is 54.7 Å². The van der Waals surface area contributed by atoms with Crippen LogP contribution in [0.15, 0.2) is 54.7 Å². The first-order valence-corrected chi connectivity index (χ1v) is 6.06. The van der Waals surface area contributed by atoms with Crippen molar-refractivity contribution in [1.82, 2.24) is 4.98 Å². The molecule has 0 radical (unpaired) electrons. The van der Waals surface area contributed by atoms with Crippen molar-refractivity contribution in [3.8, 4) is 16.9 Å². The van der Waals surface area contributed by atoms with E-state index in [0.29, 0.717) is 0 Å². The van der Waals surface area contributed by atoms with Crippen molar-refractivity contribution >= 4 is 16.6 Å². The molecule has 0 aliphatic heterocycles. The number of fused-ring (bicyclic) bond motifs is 1. The van der Waals surface area contributed by atoms with Gasteiger partial charge in [-0.1, -0.05) is 18.2 Å². The number of nitrogen functional groups attached to an aromatic ring is 1. The van der Waals surface area contributed by atoms with Gasteiger partial charge in [-0.25, -0.2) is 0 Å². The molecule has 0 amide bonds. The quantitative estimate of drug-likeness (QED) is 0.708. The van der Waals surface area contributed by atoms with E-state index in [2.05, 4.69) is 11.1 Å². The van der Waals surface area contributed by atoms with Gasteiger partial charge >= 0.3 is 0 Å². The summed E-state index contributed by atoms with van der Waals surface area (Å²) in [5.74, 6) is 0.840. The van der Waals surface area contributed by atoms with Crippen LogP contribution in [0.3, 0.4) is 0 Å². The summed E-state index contributed by atoms with van der Waals surface area (Å²) in [5.41, 5.74) is 9.55. The number of anilines is 1. The number of methoxy groups -OCH3 is 1. The minimum atomic E-state index is 0.742. The zero-order valence-electron chi connectivity index (χ0n) is 10.6. The van der Waals surface area contributed by atoms with Crippen molar-refractivity contribution in [1.29, 1.82) is 0 Å². The van der Waals surface area contributed by atoms with Crippen LogP contribution in [0.4, 0.5) is 5.69 Å². The van der Waals surface area contributed by atoms with Gasteiger partial charge in [0.15, 0.2) is 0 Å². The summed E-state index contributed by atoms with van der Waals surface area (Å²) in [6.45, 7) is 0. The molecule has 0 bridgehead atoms. The average Bonchev–Trinajstić information content (AvgIpc) is 2.46. The van der Waals surface area contributed by atoms with Gasteiger partial charge in [-0.2, -0.15) is 0 Å². The fourth-order valence-corrected chi connectivity index (χ4v) is 2.18. The molecule has 2 aromatic carbocycles. The maximum atomic E-state index is 5.82. The van der Waals surface area contributed by atoms with Crippen molar-refractivity contribution < 1.29 is 4.74 Å². The Kier molecular flexibility index (Phi) is 2.80. The van der Waals surface area contributed by atoms with Crippen LogP contribution >= 0.6 is 0 Å². The van der Waals surface area contributed by atoms with Crippen LogP contribution in [0.5, 0.6) is 5.75 Å². The third kappa shape index (κ3) is 2.10. The van der Waals surface area contributed by atoms with Gasteiger partial charge in [0.1, 0.15) is 5.75 Å². The van der Waals surface area contributed by atoms with Crippen LogP contribution in [-0.4, -0.2) is 12.1 Å². The Bertz CT molecular complexity index is 738. The molecule has 0 aliphatic rings.